The van der Waals surface area contributed by atoms with Crippen molar-refractivity contribution in [1.29, 1.82) is 0 Å². The summed E-state index contributed by atoms with van der Waals surface area (Å²) in [7, 11) is -1.04. The Bertz CT molecular complexity index is 1320. The highest BCUT2D eigenvalue weighted by Crippen LogP contribution is 2.46. The first-order valence-electron chi connectivity index (χ1n) is 11.9. The molecule has 1 fully saturated rings. The van der Waals surface area contributed by atoms with Crippen LogP contribution in [0, 0.1) is 0 Å². The minimum Gasteiger partial charge on any atom is -0.340 e. The van der Waals surface area contributed by atoms with Crippen molar-refractivity contribution < 1.29 is 13.2 Å². The Morgan fingerprint density at radius 1 is 1.03 bits per heavy atom. The van der Waals surface area contributed by atoms with Gasteiger partial charge in [0.2, 0.25) is 0 Å². The van der Waals surface area contributed by atoms with Gasteiger partial charge in [-0.25, -0.2) is 4.72 Å². The van der Waals surface area contributed by atoms with Gasteiger partial charge in [-0.05, 0) is 54.9 Å². The monoisotopic (exact) mass is 465 g/mol. The Morgan fingerprint density at radius 3 is 2.55 bits per heavy atom. The highest BCUT2D eigenvalue weighted by atomic mass is 32.2. The number of hydrogen-bond donors (Lipinski definition) is 1. The molecule has 33 heavy (non-hydrogen) atoms. The normalized spacial score (nSPS) is 16.9. The molecule has 1 saturated carbocycles. The van der Waals surface area contributed by atoms with Gasteiger partial charge in [-0.3, -0.25) is 4.79 Å². The van der Waals surface area contributed by atoms with Crippen LogP contribution >= 0.6 is 0 Å². The van der Waals surface area contributed by atoms with Gasteiger partial charge in [0.05, 0.1) is 5.69 Å². The number of aryl methyl sites for hydroxylation is 2. The molecule has 0 unspecified atom stereocenters. The predicted molar refractivity (Wildman–Crippen MR) is 132 cm³/mol. The van der Waals surface area contributed by atoms with Gasteiger partial charge < -0.3 is 4.57 Å². The minimum atomic E-state index is -3.85. The molecule has 2 aliphatic rings. The fraction of sp³-hybridized carbons (Fsp3) is 0.423. The molecule has 1 N–H and O–H groups in total. The van der Waals surface area contributed by atoms with Gasteiger partial charge in [0.1, 0.15) is 0 Å². The van der Waals surface area contributed by atoms with Gasteiger partial charge in [0.25, 0.3) is 5.91 Å². The van der Waals surface area contributed by atoms with Crippen molar-refractivity contribution in [2.45, 2.75) is 57.4 Å². The molecule has 174 valence electrons. The van der Waals surface area contributed by atoms with E-state index in [1.807, 2.05) is 12.1 Å². The Morgan fingerprint density at radius 2 is 1.79 bits per heavy atom. The number of nitrogens with one attached hydrogen (secondary N) is 1. The molecule has 6 nitrogen and oxygen atoms in total. The maximum Gasteiger partial charge on any atom is 0.303 e. The van der Waals surface area contributed by atoms with E-state index in [1.165, 1.54) is 74.0 Å². The Kier molecular flexibility index (Phi) is 5.79. The van der Waals surface area contributed by atoms with Crippen molar-refractivity contribution in [2.75, 3.05) is 14.1 Å². The van der Waals surface area contributed by atoms with Gasteiger partial charge in [0.15, 0.2) is 0 Å². The number of nitrogens with zero attached hydrogens (tertiary/aromatic N) is 2. The second-order valence-corrected chi connectivity index (χ2v) is 11.3. The molecular formula is C26H31N3O3S. The second-order valence-electron chi connectivity index (χ2n) is 9.46. The van der Waals surface area contributed by atoms with Crippen LogP contribution in [-0.2, 0) is 23.2 Å². The first kappa shape index (κ1) is 22.2. The molecule has 0 spiro atoms. The molecule has 1 aliphatic carbocycles. The van der Waals surface area contributed by atoms with Crippen molar-refractivity contribution in [2.24, 2.45) is 0 Å². The summed E-state index contributed by atoms with van der Waals surface area (Å²) in [6, 6.07) is 14.4. The quantitative estimate of drug-likeness (QED) is 0.599. The van der Waals surface area contributed by atoms with Crippen molar-refractivity contribution in [3.8, 4) is 11.3 Å². The largest absolute Gasteiger partial charge is 0.340 e. The standard InChI is InChI=1S/C26H31N3O3S/c1-28(2)33(31,32)27-26(30)20-14-15-22-23(17-20)29-16-8-12-18-9-6-7-13-21(18)25(29)24(22)19-10-4-3-5-11-19/h6-7,9,13-15,17,19H,3-5,8,10-12,16H2,1-2H3,(H,27,30). The fourth-order valence-corrected chi connectivity index (χ4v) is 6.04. The number of aromatic nitrogens is 1. The van der Waals surface area contributed by atoms with E-state index < -0.39 is 16.1 Å². The first-order chi connectivity index (χ1) is 15.9. The number of benzene rings is 2. The fourth-order valence-electron chi connectivity index (χ4n) is 5.51. The van der Waals surface area contributed by atoms with E-state index in [0.717, 1.165) is 29.2 Å². The molecule has 5 rings (SSSR count). The topological polar surface area (TPSA) is 71.4 Å². The smallest absolute Gasteiger partial charge is 0.303 e. The number of carbonyl (C=O) groups is 1. The highest BCUT2D eigenvalue weighted by molar-refractivity contribution is 7.87. The van der Waals surface area contributed by atoms with Crippen LogP contribution in [0.3, 0.4) is 0 Å². The number of fused-ring (bicyclic) bond motifs is 5. The lowest BCUT2D eigenvalue weighted by molar-refractivity contribution is 0.0980. The summed E-state index contributed by atoms with van der Waals surface area (Å²) in [6.45, 7) is 0.883. The summed E-state index contributed by atoms with van der Waals surface area (Å²) in [6.07, 6.45) is 8.25. The van der Waals surface area contributed by atoms with Gasteiger partial charge in [-0.1, -0.05) is 49.6 Å². The van der Waals surface area contributed by atoms with E-state index in [-0.39, 0.29) is 0 Å². The lowest BCUT2D eigenvalue weighted by Gasteiger charge is -2.24. The Labute approximate surface area is 195 Å². The summed E-state index contributed by atoms with van der Waals surface area (Å²) in [5, 5.41) is 1.20. The third-order valence-corrected chi connectivity index (χ3v) is 8.59. The average molecular weight is 466 g/mol. The van der Waals surface area contributed by atoms with Crippen molar-refractivity contribution in [3.63, 3.8) is 0 Å². The average Bonchev–Trinajstić information content (AvgIpc) is 3.00. The Hall–Kier alpha value is -2.64. The van der Waals surface area contributed by atoms with Crippen LogP contribution in [0.2, 0.25) is 0 Å². The summed E-state index contributed by atoms with van der Waals surface area (Å²) in [5.41, 5.74) is 6.77. The van der Waals surface area contributed by atoms with E-state index in [1.54, 1.807) is 6.07 Å². The molecule has 1 aliphatic heterocycles. The lowest BCUT2D eigenvalue weighted by Crippen LogP contribution is -2.39. The number of amides is 1. The van der Waals surface area contributed by atoms with Crippen LogP contribution in [0.25, 0.3) is 22.2 Å². The molecule has 1 aromatic heterocycles. The van der Waals surface area contributed by atoms with Crippen LogP contribution < -0.4 is 4.72 Å². The van der Waals surface area contributed by atoms with E-state index in [0.29, 0.717) is 11.5 Å². The highest BCUT2D eigenvalue weighted by Gasteiger charge is 2.29. The lowest BCUT2D eigenvalue weighted by atomic mass is 9.81. The van der Waals surface area contributed by atoms with Crippen molar-refractivity contribution in [3.05, 3.63) is 59.2 Å². The molecule has 0 bridgehead atoms. The summed E-state index contributed by atoms with van der Waals surface area (Å²) in [4.78, 5) is 12.8. The van der Waals surface area contributed by atoms with Gasteiger partial charge in [0, 0.05) is 42.7 Å². The molecule has 2 aromatic carbocycles. The zero-order valence-corrected chi connectivity index (χ0v) is 20.1. The SMILES string of the molecule is CN(C)S(=O)(=O)NC(=O)c1ccc2c(C3CCCCC3)c3n(c2c1)CCCc1ccccc1-3. The van der Waals surface area contributed by atoms with Crippen LogP contribution in [-0.4, -0.2) is 37.3 Å². The third-order valence-electron chi connectivity index (χ3n) is 7.18. The van der Waals surface area contributed by atoms with Crippen molar-refractivity contribution >= 4 is 27.0 Å². The van der Waals surface area contributed by atoms with Gasteiger partial charge in [-0.15, -0.1) is 0 Å². The maximum absolute atomic E-state index is 12.8. The molecule has 3 aromatic rings. The molecule has 2 heterocycles. The van der Waals surface area contributed by atoms with E-state index in [9.17, 15) is 13.2 Å². The predicted octanol–water partition coefficient (Wildman–Crippen LogP) is 4.84. The molecule has 0 radical (unpaired) electrons. The number of rotatable bonds is 4. The number of hydrogen-bond acceptors (Lipinski definition) is 3. The van der Waals surface area contributed by atoms with Crippen LogP contribution in [0.5, 0.6) is 0 Å². The first-order valence-corrected chi connectivity index (χ1v) is 13.3. The van der Waals surface area contributed by atoms with E-state index >= 15 is 0 Å². The van der Waals surface area contributed by atoms with Crippen LogP contribution in [0.15, 0.2) is 42.5 Å². The minimum absolute atomic E-state index is 0.362. The Balaban J connectivity index is 1.69. The zero-order chi connectivity index (χ0) is 23.2. The zero-order valence-electron chi connectivity index (χ0n) is 19.3. The summed E-state index contributed by atoms with van der Waals surface area (Å²) < 4.78 is 29.9. The molecule has 7 heteroatoms. The number of carbonyl (C=O) groups excluding carboxylic acids is 1. The molecule has 0 saturated heterocycles. The van der Waals surface area contributed by atoms with Crippen LogP contribution in [0.1, 0.15) is 65.9 Å². The molecule has 1 amide bonds. The van der Waals surface area contributed by atoms with E-state index in [4.69, 9.17) is 0 Å². The maximum atomic E-state index is 12.8. The van der Waals surface area contributed by atoms with E-state index in [2.05, 4.69) is 33.6 Å². The second kappa shape index (κ2) is 8.61. The molecule has 0 atom stereocenters. The van der Waals surface area contributed by atoms with Crippen molar-refractivity contribution in [1.82, 2.24) is 13.6 Å². The third kappa shape index (κ3) is 3.97. The van der Waals surface area contributed by atoms with Gasteiger partial charge in [-0.2, -0.15) is 12.7 Å². The molecular weight excluding hydrogens is 434 g/mol. The summed E-state index contributed by atoms with van der Waals surface area (Å²) in [5.74, 6) is -0.0909. The summed E-state index contributed by atoms with van der Waals surface area (Å²) >= 11 is 0. The van der Waals surface area contributed by atoms with Gasteiger partial charge >= 0.3 is 10.2 Å². The van der Waals surface area contributed by atoms with Crippen LogP contribution in [0.4, 0.5) is 0 Å².